The van der Waals surface area contributed by atoms with Crippen LogP contribution in [0.2, 0.25) is 0 Å². The van der Waals surface area contributed by atoms with Crippen LogP contribution in [0.15, 0.2) is 29.2 Å². The molecule has 1 heterocycles. The van der Waals surface area contributed by atoms with Gasteiger partial charge in [-0.25, -0.2) is 17.5 Å². The number of hydrogen-bond donors (Lipinski definition) is 2. The lowest BCUT2D eigenvalue weighted by Gasteiger charge is -2.22. The highest BCUT2D eigenvalue weighted by Crippen LogP contribution is 2.23. The van der Waals surface area contributed by atoms with Gasteiger partial charge in [-0.15, -0.1) is 0 Å². The lowest BCUT2D eigenvalue weighted by Crippen LogP contribution is -2.38. The predicted octanol–water partition coefficient (Wildman–Crippen LogP) is 0.140. The normalized spacial score (nSPS) is 22.5. The summed E-state index contributed by atoms with van der Waals surface area (Å²) in [4.78, 5) is 13.6. The van der Waals surface area contributed by atoms with Gasteiger partial charge < -0.3 is 10.0 Å². The van der Waals surface area contributed by atoms with Gasteiger partial charge in [0.15, 0.2) is 0 Å². The predicted molar refractivity (Wildman–Crippen MR) is 74.1 cm³/mol. The lowest BCUT2D eigenvalue weighted by molar-refractivity contribution is 0.0672. The van der Waals surface area contributed by atoms with E-state index >= 15 is 0 Å². The first-order valence-electron chi connectivity index (χ1n) is 6.48. The molecule has 2 atom stereocenters. The fourth-order valence-electron chi connectivity index (χ4n) is 2.36. The SMILES string of the molecule is CNS(=O)(=O)c1cccc(C(=O)N2C[C@@H](F)C[C@H]2CO)c1. The molecular formula is C13H17FN2O4S. The third-order valence-electron chi connectivity index (χ3n) is 3.50. The van der Waals surface area contributed by atoms with Gasteiger partial charge in [0.05, 0.1) is 24.1 Å². The highest BCUT2D eigenvalue weighted by Gasteiger charge is 2.35. The first kappa shape index (κ1) is 15.9. The van der Waals surface area contributed by atoms with Crippen molar-refractivity contribution in [2.45, 2.75) is 23.5 Å². The molecule has 1 aliphatic heterocycles. The van der Waals surface area contributed by atoms with Crippen LogP contribution in [0.1, 0.15) is 16.8 Å². The summed E-state index contributed by atoms with van der Waals surface area (Å²) in [5, 5.41) is 9.21. The third kappa shape index (κ3) is 3.22. The van der Waals surface area contributed by atoms with Crippen molar-refractivity contribution in [3.05, 3.63) is 29.8 Å². The number of carbonyl (C=O) groups is 1. The van der Waals surface area contributed by atoms with Gasteiger partial charge in [-0.3, -0.25) is 4.79 Å². The zero-order valence-corrected chi connectivity index (χ0v) is 12.3. The van der Waals surface area contributed by atoms with Crippen LogP contribution in [-0.4, -0.2) is 56.7 Å². The molecule has 0 aromatic heterocycles. The number of nitrogens with one attached hydrogen (secondary N) is 1. The molecule has 2 N–H and O–H groups in total. The molecule has 0 saturated carbocycles. The van der Waals surface area contributed by atoms with Gasteiger partial charge >= 0.3 is 0 Å². The summed E-state index contributed by atoms with van der Waals surface area (Å²) in [6, 6.07) is 4.96. The molecule has 1 fully saturated rings. The van der Waals surface area contributed by atoms with E-state index in [4.69, 9.17) is 0 Å². The largest absolute Gasteiger partial charge is 0.394 e. The summed E-state index contributed by atoms with van der Waals surface area (Å²) in [5.41, 5.74) is 0.152. The summed E-state index contributed by atoms with van der Waals surface area (Å²) in [6.45, 7) is -0.409. The quantitative estimate of drug-likeness (QED) is 0.827. The van der Waals surface area contributed by atoms with Crippen molar-refractivity contribution < 1.29 is 22.7 Å². The van der Waals surface area contributed by atoms with Crippen LogP contribution < -0.4 is 4.72 Å². The zero-order valence-electron chi connectivity index (χ0n) is 11.5. The number of rotatable bonds is 4. The molecule has 0 bridgehead atoms. The first-order valence-corrected chi connectivity index (χ1v) is 7.97. The van der Waals surface area contributed by atoms with Gasteiger partial charge in [-0.05, 0) is 25.2 Å². The van der Waals surface area contributed by atoms with Gasteiger partial charge in [0, 0.05) is 12.0 Å². The second-order valence-corrected chi connectivity index (χ2v) is 6.75. The Balaban J connectivity index is 2.30. The van der Waals surface area contributed by atoms with E-state index in [0.717, 1.165) is 0 Å². The summed E-state index contributed by atoms with van der Waals surface area (Å²) >= 11 is 0. The molecule has 21 heavy (non-hydrogen) atoms. The number of hydrogen-bond acceptors (Lipinski definition) is 4. The number of carbonyl (C=O) groups excluding carboxylic acids is 1. The molecule has 1 saturated heterocycles. The van der Waals surface area contributed by atoms with Crippen LogP contribution in [0.25, 0.3) is 0 Å². The molecule has 1 aliphatic rings. The number of amides is 1. The Morgan fingerprint density at radius 2 is 2.24 bits per heavy atom. The second kappa shape index (κ2) is 6.08. The molecule has 6 nitrogen and oxygen atoms in total. The molecule has 1 aromatic rings. The number of nitrogens with zero attached hydrogens (tertiary/aromatic N) is 1. The van der Waals surface area contributed by atoms with Crippen LogP contribution >= 0.6 is 0 Å². The number of benzene rings is 1. The number of halogens is 1. The van der Waals surface area contributed by atoms with E-state index in [1.54, 1.807) is 0 Å². The Morgan fingerprint density at radius 1 is 1.52 bits per heavy atom. The van der Waals surface area contributed by atoms with E-state index in [1.165, 1.54) is 36.2 Å². The van der Waals surface area contributed by atoms with E-state index in [2.05, 4.69) is 4.72 Å². The Labute approximate surface area is 122 Å². The van der Waals surface area contributed by atoms with Crippen LogP contribution in [0.4, 0.5) is 4.39 Å². The minimum Gasteiger partial charge on any atom is -0.394 e. The van der Waals surface area contributed by atoms with Crippen LogP contribution in [0, 0.1) is 0 Å². The van der Waals surface area contributed by atoms with Crippen molar-refractivity contribution in [2.24, 2.45) is 0 Å². The number of sulfonamides is 1. The van der Waals surface area contributed by atoms with Crippen LogP contribution in [-0.2, 0) is 10.0 Å². The lowest BCUT2D eigenvalue weighted by atomic mass is 10.1. The summed E-state index contributed by atoms with van der Waals surface area (Å²) in [5.74, 6) is -0.484. The van der Waals surface area contributed by atoms with Crippen molar-refractivity contribution in [1.82, 2.24) is 9.62 Å². The van der Waals surface area contributed by atoms with Crippen LogP contribution in [0.3, 0.4) is 0 Å². The Hall–Kier alpha value is -1.51. The number of alkyl halides is 1. The molecule has 1 aromatic carbocycles. The van der Waals surface area contributed by atoms with E-state index in [9.17, 15) is 22.7 Å². The van der Waals surface area contributed by atoms with E-state index in [-0.39, 0.29) is 30.0 Å². The summed E-state index contributed by atoms with van der Waals surface area (Å²) in [6.07, 6.45) is -1.08. The van der Waals surface area contributed by atoms with Gasteiger partial charge in [0.25, 0.3) is 5.91 Å². The summed E-state index contributed by atoms with van der Waals surface area (Å²) in [7, 11) is -2.37. The maximum Gasteiger partial charge on any atom is 0.254 e. The topological polar surface area (TPSA) is 86.7 Å². The minimum atomic E-state index is -3.65. The molecule has 0 radical (unpaired) electrons. The maximum absolute atomic E-state index is 13.4. The molecular weight excluding hydrogens is 299 g/mol. The van der Waals surface area contributed by atoms with Crippen molar-refractivity contribution in [2.75, 3.05) is 20.2 Å². The minimum absolute atomic E-state index is 0.0348. The van der Waals surface area contributed by atoms with Gasteiger partial charge in [-0.2, -0.15) is 0 Å². The highest BCUT2D eigenvalue weighted by molar-refractivity contribution is 7.89. The Morgan fingerprint density at radius 3 is 2.86 bits per heavy atom. The number of likely N-dealkylation sites (tertiary alicyclic amines) is 1. The van der Waals surface area contributed by atoms with Gasteiger partial charge in [0.2, 0.25) is 10.0 Å². The average molecular weight is 316 g/mol. The average Bonchev–Trinajstić information content (AvgIpc) is 2.87. The van der Waals surface area contributed by atoms with Crippen molar-refractivity contribution in [3.63, 3.8) is 0 Å². The number of aliphatic hydroxyl groups excluding tert-OH is 1. The molecule has 0 aliphatic carbocycles. The smallest absolute Gasteiger partial charge is 0.254 e. The highest BCUT2D eigenvalue weighted by atomic mass is 32.2. The summed E-state index contributed by atoms with van der Waals surface area (Å²) < 4.78 is 39.0. The Bertz CT molecular complexity index is 635. The molecule has 0 unspecified atom stereocenters. The van der Waals surface area contributed by atoms with E-state index in [0.29, 0.717) is 0 Å². The van der Waals surface area contributed by atoms with Crippen molar-refractivity contribution in [1.29, 1.82) is 0 Å². The van der Waals surface area contributed by atoms with Crippen molar-refractivity contribution >= 4 is 15.9 Å². The molecule has 1 amide bonds. The fourth-order valence-corrected chi connectivity index (χ4v) is 3.14. The number of aliphatic hydroxyl groups is 1. The van der Waals surface area contributed by atoms with E-state index in [1.807, 2.05) is 0 Å². The molecule has 116 valence electrons. The van der Waals surface area contributed by atoms with Crippen LogP contribution in [0.5, 0.6) is 0 Å². The van der Waals surface area contributed by atoms with E-state index < -0.39 is 28.1 Å². The zero-order chi connectivity index (χ0) is 15.6. The van der Waals surface area contributed by atoms with Gasteiger partial charge in [-0.1, -0.05) is 6.07 Å². The maximum atomic E-state index is 13.4. The standard InChI is InChI=1S/C13H17FN2O4S/c1-15-21(19,20)12-4-2-3-9(5-12)13(18)16-7-10(14)6-11(16)8-17/h2-5,10-11,15,17H,6-8H2,1H3/t10-,11-/m0/s1. The second-order valence-electron chi connectivity index (χ2n) is 4.86. The third-order valence-corrected chi connectivity index (χ3v) is 4.91. The molecule has 0 spiro atoms. The monoisotopic (exact) mass is 316 g/mol. The first-order chi connectivity index (χ1) is 9.89. The molecule has 2 rings (SSSR count). The van der Waals surface area contributed by atoms with Gasteiger partial charge in [0.1, 0.15) is 6.17 Å². The Kier molecular flexibility index (Phi) is 4.60. The molecule has 8 heteroatoms. The fraction of sp³-hybridized carbons (Fsp3) is 0.462. The van der Waals surface area contributed by atoms with Crippen molar-refractivity contribution in [3.8, 4) is 0 Å².